The summed E-state index contributed by atoms with van der Waals surface area (Å²) in [6.45, 7) is 6.69. The van der Waals surface area contributed by atoms with Crippen LogP contribution in [-0.4, -0.2) is 49.5 Å². The lowest BCUT2D eigenvalue weighted by atomic mass is 10.1. The molecular weight excluding hydrogens is 490 g/mol. The Bertz CT molecular complexity index is 1080. The van der Waals surface area contributed by atoms with E-state index in [0.29, 0.717) is 24.7 Å². The zero-order chi connectivity index (χ0) is 28.0. The third-order valence-corrected chi connectivity index (χ3v) is 5.19. The highest BCUT2D eigenvalue weighted by Crippen LogP contribution is 2.25. The van der Waals surface area contributed by atoms with Gasteiger partial charge in [0.25, 0.3) is 0 Å². The molecule has 0 atom stereocenters. The predicted molar refractivity (Wildman–Crippen MR) is 141 cm³/mol. The third-order valence-electron chi connectivity index (χ3n) is 5.19. The molecule has 206 valence electrons. The van der Waals surface area contributed by atoms with E-state index in [4.69, 9.17) is 14.2 Å². The zero-order valence-electron chi connectivity index (χ0n) is 22.5. The van der Waals surface area contributed by atoms with Crippen LogP contribution in [0.5, 0.6) is 11.5 Å². The van der Waals surface area contributed by atoms with E-state index < -0.39 is 35.7 Å². The van der Waals surface area contributed by atoms with E-state index in [0.717, 1.165) is 38.4 Å². The maximum absolute atomic E-state index is 12.7. The van der Waals surface area contributed by atoms with Crippen molar-refractivity contribution in [2.45, 2.75) is 65.1 Å². The molecule has 2 aromatic rings. The number of methoxy groups -OCH3 is 1. The van der Waals surface area contributed by atoms with E-state index in [9.17, 15) is 19.2 Å². The lowest BCUT2D eigenvalue weighted by Crippen LogP contribution is -2.32. The molecule has 0 unspecified atom stereocenters. The number of amides is 1. The molecule has 0 bridgehead atoms. The Balaban J connectivity index is 1.89. The Morgan fingerprint density at radius 2 is 1.50 bits per heavy atom. The number of esters is 1. The maximum Gasteiger partial charge on any atom is 0.407 e. The number of hydrogen-bond donors (Lipinski definition) is 1. The van der Waals surface area contributed by atoms with Crippen LogP contribution in [0.2, 0.25) is 0 Å². The fourth-order valence-corrected chi connectivity index (χ4v) is 3.35. The zero-order valence-corrected chi connectivity index (χ0v) is 22.5. The summed E-state index contributed by atoms with van der Waals surface area (Å²) in [5.41, 5.74) is 0.636. The second-order valence-electron chi connectivity index (χ2n) is 9.67. The molecule has 38 heavy (non-hydrogen) atoms. The van der Waals surface area contributed by atoms with E-state index in [1.54, 1.807) is 6.07 Å². The SMILES string of the molecule is COC(=O)C(=O)CC(=O)c1cc(OCCCCCCNC(=O)OC(C)(C)C)cc(OCc2ccccc2)c1. The summed E-state index contributed by atoms with van der Waals surface area (Å²) < 4.78 is 21.3. The molecule has 1 amide bonds. The van der Waals surface area contributed by atoms with Crippen molar-refractivity contribution in [3.05, 3.63) is 59.7 Å². The number of ketones is 2. The van der Waals surface area contributed by atoms with E-state index in [1.165, 1.54) is 12.1 Å². The van der Waals surface area contributed by atoms with Gasteiger partial charge in [0.05, 0.1) is 20.1 Å². The summed E-state index contributed by atoms with van der Waals surface area (Å²) in [4.78, 5) is 47.6. The number of benzene rings is 2. The Labute approximate surface area is 223 Å². The molecule has 0 saturated heterocycles. The van der Waals surface area contributed by atoms with Crippen molar-refractivity contribution in [1.29, 1.82) is 0 Å². The van der Waals surface area contributed by atoms with Gasteiger partial charge in [-0.15, -0.1) is 0 Å². The summed E-state index contributed by atoms with van der Waals surface area (Å²) >= 11 is 0. The first kappa shape index (κ1) is 30.3. The van der Waals surface area contributed by atoms with Gasteiger partial charge in [-0.25, -0.2) is 9.59 Å². The Morgan fingerprint density at radius 3 is 2.16 bits per heavy atom. The number of hydrogen-bond acceptors (Lipinski definition) is 8. The van der Waals surface area contributed by atoms with Crippen LogP contribution < -0.4 is 14.8 Å². The van der Waals surface area contributed by atoms with Crippen molar-refractivity contribution < 1.29 is 38.1 Å². The molecule has 0 aliphatic rings. The number of nitrogens with one attached hydrogen (secondary N) is 1. The lowest BCUT2D eigenvalue weighted by molar-refractivity contribution is -0.151. The highest BCUT2D eigenvalue weighted by atomic mass is 16.6. The van der Waals surface area contributed by atoms with Crippen molar-refractivity contribution in [3.63, 3.8) is 0 Å². The molecule has 1 N–H and O–H groups in total. The molecule has 0 spiro atoms. The van der Waals surface area contributed by atoms with Gasteiger partial charge in [-0.05, 0) is 51.3 Å². The number of carbonyl (C=O) groups excluding carboxylic acids is 4. The molecule has 0 aromatic heterocycles. The molecular formula is C29H37NO8. The first-order valence-corrected chi connectivity index (χ1v) is 12.6. The van der Waals surface area contributed by atoms with Crippen molar-refractivity contribution in [1.82, 2.24) is 5.32 Å². The van der Waals surface area contributed by atoms with Gasteiger partial charge in [-0.2, -0.15) is 0 Å². The first-order chi connectivity index (χ1) is 18.1. The summed E-state index contributed by atoms with van der Waals surface area (Å²) in [7, 11) is 1.09. The second-order valence-corrected chi connectivity index (χ2v) is 9.67. The largest absolute Gasteiger partial charge is 0.493 e. The molecule has 0 heterocycles. The molecule has 0 aliphatic heterocycles. The van der Waals surface area contributed by atoms with Gasteiger partial charge >= 0.3 is 12.1 Å². The van der Waals surface area contributed by atoms with Crippen molar-refractivity contribution in [3.8, 4) is 11.5 Å². The monoisotopic (exact) mass is 527 g/mol. The van der Waals surface area contributed by atoms with Crippen molar-refractivity contribution >= 4 is 23.6 Å². The number of carbonyl (C=O) groups is 4. The van der Waals surface area contributed by atoms with Crippen LogP contribution in [0.25, 0.3) is 0 Å². The van der Waals surface area contributed by atoms with Crippen molar-refractivity contribution in [2.75, 3.05) is 20.3 Å². The van der Waals surface area contributed by atoms with Crippen LogP contribution in [0.3, 0.4) is 0 Å². The summed E-state index contributed by atoms with van der Waals surface area (Å²) in [5.74, 6) is -1.68. The van der Waals surface area contributed by atoms with Gasteiger partial charge in [0.15, 0.2) is 5.78 Å². The molecule has 2 aromatic carbocycles. The van der Waals surface area contributed by atoms with Gasteiger partial charge in [-0.1, -0.05) is 43.2 Å². The molecule has 0 saturated carbocycles. The minimum Gasteiger partial charge on any atom is -0.493 e. The Hall–Kier alpha value is -3.88. The quantitative estimate of drug-likeness (QED) is 0.112. The molecule has 0 radical (unpaired) electrons. The Morgan fingerprint density at radius 1 is 0.842 bits per heavy atom. The van der Waals surface area contributed by atoms with Crippen LogP contribution in [-0.2, 0) is 25.7 Å². The molecule has 9 nitrogen and oxygen atoms in total. The number of ether oxygens (including phenoxy) is 4. The molecule has 0 aliphatic carbocycles. The average molecular weight is 528 g/mol. The minimum atomic E-state index is -1.06. The molecule has 0 fully saturated rings. The number of Topliss-reactive ketones (excluding diaryl/α,β-unsaturated/α-hetero) is 2. The standard InChI is InChI=1S/C29H37NO8/c1-29(2,3)38-28(34)30-14-10-5-6-11-15-36-23-16-22(25(31)19-26(32)27(33)35-4)17-24(18-23)37-20-21-12-8-7-9-13-21/h7-9,12-13,16-18H,5-6,10-11,14-15,19-20H2,1-4H3,(H,30,34). The van der Waals surface area contributed by atoms with Crippen molar-refractivity contribution in [2.24, 2.45) is 0 Å². The summed E-state index contributed by atoms with van der Waals surface area (Å²) in [6, 6.07) is 14.3. The second kappa shape index (κ2) is 15.4. The summed E-state index contributed by atoms with van der Waals surface area (Å²) in [6.07, 6.45) is 2.35. The van der Waals surface area contributed by atoms with E-state index in [-0.39, 0.29) is 12.2 Å². The topological polar surface area (TPSA) is 117 Å². The predicted octanol–water partition coefficient (Wildman–Crippen LogP) is 5.04. The minimum absolute atomic E-state index is 0.205. The van der Waals surface area contributed by atoms with Gasteiger partial charge in [0.1, 0.15) is 23.7 Å². The normalized spacial score (nSPS) is 10.8. The lowest BCUT2D eigenvalue weighted by Gasteiger charge is -2.19. The van der Waals surface area contributed by atoms with Crippen LogP contribution in [0.1, 0.15) is 68.8 Å². The van der Waals surface area contributed by atoms with Gasteiger partial charge in [0.2, 0.25) is 5.78 Å². The van der Waals surface area contributed by atoms with E-state index >= 15 is 0 Å². The van der Waals surface area contributed by atoms with Crippen LogP contribution in [0, 0.1) is 0 Å². The van der Waals surface area contributed by atoms with Crippen LogP contribution >= 0.6 is 0 Å². The van der Waals surface area contributed by atoms with Gasteiger partial charge in [0, 0.05) is 18.2 Å². The number of unbranched alkanes of at least 4 members (excludes halogenated alkanes) is 3. The van der Waals surface area contributed by atoms with E-state index in [1.807, 2.05) is 51.1 Å². The fourth-order valence-electron chi connectivity index (χ4n) is 3.35. The van der Waals surface area contributed by atoms with Crippen LogP contribution in [0.4, 0.5) is 4.79 Å². The smallest absolute Gasteiger partial charge is 0.407 e. The fraction of sp³-hybridized carbons (Fsp3) is 0.448. The van der Waals surface area contributed by atoms with E-state index in [2.05, 4.69) is 10.1 Å². The average Bonchev–Trinajstić information content (AvgIpc) is 2.87. The number of rotatable bonds is 15. The maximum atomic E-state index is 12.7. The highest BCUT2D eigenvalue weighted by molar-refractivity contribution is 6.38. The van der Waals surface area contributed by atoms with Gasteiger partial charge in [-0.3, -0.25) is 9.59 Å². The van der Waals surface area contributed by atoms with Crippen LogP contribution in [0.15, 0.2) is 48.5 Å². The summed E-state index contributed by atoms with van der Waals surface area (Å²) in [5, 5.41) is 2.74. The number of alkyl carbamates (subject to hydrolysis) is 1. The Kier molecular flexibility index (Phi) is 12.3. The molecule has 9 heteroatoms. The third kappa shape index (κ3) is 11.9. The first-order valence-electron chi connectivity index (χ1n) is 12.6. The van der Waals surface area contributed by atoms with Gasteiger partial charge < -0.3 is 24.3 Å². The highest BCUT2D eigenvalue weighted by Gasteiger charge is 2.20. The molecule has 2 rings (SSSR count).